The van der Waals surface area contributed by atoms with E-state index in [0.717, 1.165) is 30.4 Å². The van der Waals surface area contributed by atoms with Crippen molar-refractivity contribution in [1.29, 1.82) is 0 Å². The predicted molar refractivity (Wildman–Crippen MR) is 87.4 cm³/mol. The monoisotopic (exact) mass is 313 g/mol. The minimum absolute atomic E-state index is 0.170. The molecule has 2 aliphatic heterocycles. The minimum Gasteiger partial charge on any atom is -0.400 e. The van der Waals surface area contributed by atoms with Crippen molar-refractivity contribution < 1.29 is 4.39 Å². The Morgan fingerprint density at radius 3 is 3.05 bits per heavy atom. The molecule has 114 valence electrons. The summed E-state index contributed by atoms with van der Waals surface area (Å²) in [6.07, 6.45) is 5.76. The molecule has 3 heterocycles. The molecule has 2 radical (unpaired) electrons. The van der Waals surface area contributed by atoms with Crippen LogP contribution in [0.1, 0.15) is 18.4 Å². The largest absolute Gasteiger partial charge is 0.400 e. The second kappa shape index (κ2) is 5.98. The first-order valence-corrected chi connectivity index (χ1v) is 8.70. The normalized spacial score (nSPS) is 27.1. The van der Waals surface area contributed by atoms with Gasteiger partial charge < -0.3 is 8.87 Å². The van der Waals surface area contributed by atoms with Crippen LogP contribution in [-0.2, 0) is 6.42 Å². The molecule has 0 saturated carbocycles. The Balaban J connectivity index is 1.47. The summed E-state index contributed by atoms with van der Waals surface area (Å²) in [4.78, 5) is 5.89. The number of halogens is 1. The summed E-state index contributed by atoms with van der Waals surface area (Å²) in [6.45, 7) is 4.73. The minimum atomic E-state index is -0.170. The molecule has 2 unspecified atom stereocenters. The van der Waals surface area contributed by atoms with Gasteiger partial charge in [-0.1, -0.05) is 0 Å². The van der Waals surface area contributed by atoms with E-state index in [0.29, 0.717) is 0 Å². The zero-order valence-corrected chi connectivity index (χ0v) is 13.9. The first kappa shape index (κ1) is 14.7. The summed E-state index contributed by atoms with van der Waals surface area (Å²) in [6, 6.07) is 5.80. The Morgan fingerprint density at radius 2 is 2.14 bits per heavy atom. The Kier molecular flexibility index (Phi) is 4.00. The molecule has 22 heavy (non-hydrogen) atoms. The number of aromatic nitrogens is 1. The number of H-pyrrole nitrogens is 1. The van der Waals surface area contributed by atoms with Crippen molar-refractivity contribution in [2.75, 3.05) is 26.2 Å². The second-order valence-corrected chi connectivity index (χ2v) is 7.53. The van der Waals surface area contributed by atoms with Crippen LogP contribution in [-0.4, -0.2) is 62.5 Å². The van der Waals surface area contributed by atoms with E-state index in [2.05, 4.69) is 36.5 Å². The molecular weight excluding hydrogens is 292 g/mol. The number of hydrogen-bond acceptors (Lipinski definition) is 2. The number of fused-ring (bicyclic) bond motifs is 2. The molecule has 1 aromatic carbocycles. The summed E-state index contributed by atoms with van der Waals surface area (Å²) in [5.41, 5.74) is 2.25. The highest BCUT2D eigenvalue weighted by molar-refractivity contribution is 6.04. The summed E-state index contributed by atoms with van der Waals surface area (Å²) in [5, 5.41) is 1.18. The van der Waals surface area contributed by atoms with Gasteiger partial charge in [-0.2, -0.15) is 0 Å². The highest BCUT2D eigenvalue weighted by Gasteiger charge is 2.31. The van der Waals surface area contributed by atoms with Gasteiger partial charge in [-0.25, -0.2) is 4.39 Å². The van der Waals surface area contributed by atoms with Gasteiger partial charge in [0.05, 0.1) is 0 Å². The van der Waals surface area contributed by atoms with Gasteiger partial charge in [0, 0.05) is 36.2 Å². The van der Waals surface area contributed by atoms with Crippen LogP contribution in [0.2, 0.25) is 0 Å². The lowest BCUT2D eigenvalue weighted by molar-refractivity contribution is 0.0579. The van der Waals surface area contributed by atoms with Crippen LogP contribution in [0.5, 0.6) is 0 Å². The molecule has 1 aromatic heterocycles. The summed E-state index contributed by atoms with van der Waals surface area (Å²) >= 11 is 2.85. The summed E-state index contributed by atoms with van der Waals surface area (Å²) in [5.74, 6) is 0.549. The maximum absolute atomic E-state index is 13.3. The van der Waals surface area contributed by atoms with E-state index in [4.69, 9.17) is 0 Å². The van der Waals surface area contributed by atoms with Crippen LogP contribution in [0, 0.1) is 11.7 Å². The van der Waals surface area contributed by atoms with E-state index in [1.165, 1.54) is 43.4 Å². The maximum Gasteiger partial charge on any atom is 0.256 e. The van der Waals surface area contributed by atoms with Crippen LogP contribution >= 0.6 is 0 Å². The first-order valence-electron chi connectivity index (χ1n) is 8.18. The number of hydrogen-bond donors (Lipinski definition) is 1. The molecule has 2 atom stereocenters. The number of piperidine rings is 1. The van der Waals surface area contributed by atoms with Gasteiger partial charge in [0.1, 0.15) is 5.82 Å². The average molecular weight is 313 g/mol. The zero-order valence-electron chi connectivity index (χ0n) is 12.8. The Bertz CT molecular complexity index is 671. The molecule has 1 N–H and O–H groups in total. The lowest BCUT2D eigenvalue weighted by Crippen LogP contribution is -2.55. The van der Waals surface area contributed by atoms with Crippen molar-refractivity contribution in [3.8, 4) is 0 Å². The van der Waals surface area contributed by atoms with Gasteiger partial charge >= 0.3 is 0 Å². The second-order valence-electron chi connectivity index (χ2n) is 6.80. The molecule has 0 bridgehead atoms. The third kappa shape index (κ3) is 2.84. The van der Waals surface area contributed by atoms with Gasteiger partial charge in [-0.15, -0.1) is 0 Å². The van der Waals surface area contributed by atoms with E-state index in [1.807, 2.05) is 6.07 Å². The molecule has 3 nitrogen and oxygen atoms in total. The van der Waals surface area contributed by atoms with Gasteiger partial charge in [0.15, 0.2) is 0 Å². The quantitative estimate of drug-likeness (QED) is 0.860. The maximum atomic E-state index is 13.3. The number of rotatable bonds is 2. The van der Waals surface area contributed by atoms with Gasteiger partial charge in [0.2, 0.25) is 0 Å². The molecule has 4 rings (SSSR count). The fourth-order valence-corrected chi connectivity index (χ4v) is 4.45. The molecule has 2 saturated heterocycles. The standard InChI is InChI=1S/C17H21FN3.Al/c18-14-2-4-16-13(9-20-17(16)8-14)7-12-1-3-15-10-19-5-6-21(15)11-12;/h2,4,8-9,12,15,20H,1,3,5-7,10-11H2;/q-1;+1. The fraction of sp³-hybridized carbons (Fsp3) is 0.529. The SMILES string of the molecule is Fc1ccc2c(CC3CCC4C[N]([Al])CCN4C3)c[nH]c2c1. The Hall–Kier alpha value is -0.858. The lowest BCUT2D eigenvalue weighted by atomic mass is 9.87. The van der Waals surface area contributed by atoms with Crippen molar-refractivity contribution >= 4 is 27.4 Å². The highest BCUT2D eigenvalue weighted by atomic mass is 27.1. The van der Waals surface area contributed by atoms with Gasteiger partial charge in [-0.3, -0.25) is 4.90 Å². The lowest BCUT2D eigenvalue weighted by Gasteiger charge is -2.46. The number of nitrogens with zero attached hydrogens (tertiary/aromatic N) is 2. The Morgan fingerprint density at radius 1 is 1.23 bits per heavy atom. The van der Waals surface area contributed by atoms with Crippen molar-refractivity contribution in [3.05, 3.63) is 35.8 Å². The molecule has 2 fully saturated rings. The number of piperazine rings is 1. The van der Waals surface area contributed by atoms with E-state index >= 15 is 0 Å². The van der Waals surface area contributed by atoms with Crippen molar-refractivity contribution in [2.45, 2.75) is 25.3 Å². The van der Waals surface area contributed by atoms with Crippen LogP contribution in [0.4, 0.5) is 4.39 Å². The molecule has 5 heteroatoms. The van der Waals surface area contributed by atoms with Crippen LogP contribution in [0.15, 0.2) is 24.4 Å². The van der Waals surface area contributed by atoms with E-state index < -0.39 is 0 Å². The average Bonchev–Trinajstić information content (AvgIpc) is 2.89. The summed E-state index contributed by atoms with van der Waals surface area (Å²) < 4.78 is 15.7. The molecule has 0 spiro atoms. The molecule has 2 aromatic rings. The van der Waals surface area contributed by atoms with Gasteiger partial charge in [0.25, 0.3) is 16.5 Å². The number of aromatic amines is 1. The topological polar surface area (TPSA) is 22.3 Å². The third-order valence-corrected chi connectivity index (χ3v) is 5.74. The van der Waals surface area contributed by atoms with Gasteiger partial charge in [-0.05, 0) is 62.0 Å². The van der Waals surface area contributed by atoms with Crippen LogP contribution < -0.4 is 0 Å². The van der Waals surface area contributed by atoms with E-state index in [1.54, 1.807) is 12.1 Å². The number of nitrogens with one attached hydrogen (secondary N) is 1. The van der Waals surface area contributed by atoms with Crippen molar-refractivity contribution in [1.82, 2.24) is 13.8 Å². The van der Waals surface area contributed by atoms with E-state index in [9.17, 15) is 4.39 Å². The Labute approximate surface area is 139 Å². The fourth-order valence-electron chi connectivity index (χ4n) is 4.09. The third-order valence-electron chi connectivity index (χ3n) is 5.27. The smallest absolute Gasteiger partial charge is 0.256 e. The van der Waals surface area contributed by atoms with Crippen LogP contribution in [0.3, 0.4) is 0 Å². The first-order chi connectivity index (χ1) is 10.7. The highest BCUT2D eigenvalue weighted by Crippen LogP contribution is 2.29. The molecular formula is C17H21AlFN3. The van der Waals surface area contributed by atoms with Crippen LogP contribution in [0.25, 0.3) is 10.9 Å². The van der Waals surface area contributed by atoms with Crippen molar-refractivity contribution in [3.63, 3.8) is 0 Å². The molecule has 0 aliphatic carbocycles. The number of benzene rings is 1. The summed E-state index contributed by atoms with van der Waals surface area (Å²) in [7, 11) is 0. The zero-order chi connectivity index (χ0) is 15.1. The molecule has 0 amide bonds. The molecule has 2 aliphatic rings. The predicted octanol–water partition coefficient (Wildman–Crippen LogP) is 2.33. The van der Waals surface area contributed by atoms with E-state index in [-0.39, 0.29) is 5.82 Å². The van der Waals surface area contributed by atoms with Crippen molar-refractivity contribution in [2.24, 2.45) is 5.92 Å².